The van der Waals surface area contributed by atoms with Crippen LogP contribution >= 0.6 is 0 Å². The van der Waals surface area contributed by atoms with E-state index in [9.17, 15) is 17.4 Å². The van der Waals surface area contributed by atoms with Crippen molar-refractivity contribution in [3.05, 3.63) is 72.5 Å². The number of hydrogen-bond donors (Lipinski definition) is 3. The maximum Gasteiger partial charge on any atom is 0.295 e. The standard InChI is InChI=1S/C21H14FN3O3S/c22-15-5-3-7-19(29(26,27)28)20(15)13-8-9-17-14(10-13)21(25-24-17)18-11-12-4-1-2-6-16(12)23-18/h1-11,23H,(H,24,25)(H,26,27,28). The molecule has 3 aromatic carbocycles. The molecule has 0 spiro atoms. The number of nitrogens with zero attached hydrogens (tertiary/aromatic N) is 1. The third kappa shape index (κ3) is 2.89. The maximum absolute atomic E-state index is 14.6. The smallest absolute Gasteiger partial charge is 0.295 e. The van der Waals surface area contributed by atoms with Gasteiger partial charge in [0, 0.05) is 21.9 Å². The fraction of sp³-hybridized carbons (Fsp3) is 0. The lowest BCUT2D eigenvalue weighted by molar-refractivity contribution is 0.482. The van der Waals surface area contributed by atoms with Gasteiger partial charge in [-0.2, -0.15) is 13.5 Å². The van der Waals surface area contributed by atoms with Crippen molar-refractivity contribution in [2.24, 2.45) is 0 Å². The van der Waals surface area contributed by atoms with Crippen molar-refractivity contribution in [1.29, 1.82) is 0 Å². The Kier molecular flexibility index (Phi) is 3.80. The Morgan fingerprint density at radius 3 is 2.55 bits per heavy atom. The van der Waals surface area contributed by atoms with Crippen molar-refractivity contribution in [2.75, 3.05) is 0 Å². The van der Waals surface area contributed by atoms with Crippen molar-refractivity contribution in [2.45, 2.75) is 4.90 Å². The predicted molar refractivity (Wildman–Crippen MR) is 109 cm³/mol. The summed E-state index contributed by atoms with van der Waals surface area (Å²) in [5, 5.41) is 9.03. The van der Waals surface area contributed by atoms with E-state index in [4.69, 9.17) is 0 Å². The number of hydrogen-bond acceptors (Lipinski definition) is 3. The van der Waals surface area contributed by atoms with E-state index in [-0.39, 0.29) is 5.56 Å². The average molecular weight is 407 g/mol. The van der Waals surface area contributed by atoms with Gasteiger partial charge >= 0.3 is 0 Å². The molecule has 144 valence electrons. The van der Waals surface area contributed by atoms with E-state index in [0.717, 1.165) is 22.7 Å². The largest absolute Gasteiger partial charge is 0.353 e. The first-order valence-corrected chi connectivity index (χ1v) is 10.2. The maximum atomic E-state index is 14.6. The topological polar surface area (TPSA) is 98.8 Å². The van der Waals surface area contributed by atoms with Gasteiger partial charge in [0.1, 0.15) is 16.4 Å². The average Bonchev–Trinajstić information content (AvgIpc) is 3.30. The minimum Gasteiger partial charge on any atom is -0.353 e. The Morgan fingerprint density at radius 1 is 0.931 bits per heavy atom. The summed E-state index contributed by atoms with van der Waals surface area (Å²) in [4.78, 5) is 2.82. The van der Waals surface area contributed by atoms with Gasteiger partial charge in [0.25, 0.3) is 10.1 Å². The lowest BCUT2D eigenvalue weighted by atomic mass is 10.0. The summed E-state index contributed by atoms with van der Waals surface area (Å²) in [6.45, 7) is 0. The third-order valence-electron chi connectivity index (χ3n) is 4.89. The van der Waals surface area contributed by atoms with E-state index in [2.05, 4.69) is 15.2 Å². The number of halogens is 1. The van der Waals surface area contributed by atoms with Crippen LogP contribution in [0.5, 0.6) is 0 Å². The van der Waals surface area contributed by atoms with E-state index in [1.807, 2.05) is 30.3 Å². The summed E-state index contributed by atoms with van der Waals surface area (Å²) in [6, 6.07) is 18.3. The molecule has 6 nitrogen and oxygen atoms in total. The Labute approximate surface area is 164 Å². The second kappa shape index (κ2) is 6.26. The van der Waals surface area contributed by atoms with Gasteiger partial charge in [-0.15, -0.1) is 0 Å². The van der Waals surface area contributed by atoms with Crippen LogP contribution in [0.2, 0.25) is 0 Å². The molecule has 0 saturated heterocycles. The van der Waals surface area contributed by atoms with Crippen LogP contribution in [0, 0.1) is 5.82 Å². The summed E-state index contributed by atoms with van der Waals surface area (Å²) in [5.74, 6) is -0.741. The first kappa shape index (κ1) is 17.6. The van der Waals surface area contributed by atoms with Gasteiger partial charge in [-0.3, -0.25) is 9.65 Å². The first-order chi connectivity index (χ1) is 13.9. The van der Waals surface area contributed by atoms with E-state index in [1.165, 1.54) is 12.1 Å². The Balaban J connectivity index is 1.74. The highest BCUT2D eigenvalue weighted by Gasteiger charge is 2.21. The number of H-pyrrole nitrogens is 2. The molecule has 0 radical (unpaired) electrons. The second-order valence-corrected chi connectivity index (χ2v) is 8.08. The Morgan fingerprint density at radius 2 is 1.76 bits per heavy atom. The molecule has 0 bridgehead atoms. The molecule has 3 N–H and O–H groups in total. The molecule has 0 amide bonds. The van der Waals surface area contributed by atoms with Crippen LogP contribution in [0.1, 0.15) is 0 Å². The summed E-state index contributed by atoms with van der Waals surface area (Å²) in [6.07, 6.45) is 0. The molecule has 0 aliphatic heterocycles. The van der Waals surface area contributed by atoms with Gasteiger partial charge in [0.2, 0.25) is 0 Å². The number of nitrogens with one attached hydrogen (secondary N) is 2. The van der Waals surface area contributed by atoms with E-state index >= 15 is 0 Å². The number of aromatic amines is 2. The van der Waals surface area contributed by atoms with Crippen LogP contribution in [-0.2, 0) is 10.1 Å². The van der Waals surface area contributed by atoms with E-state index in [1.54, 1.807) is 18.2 Å². The van der Waals surface area contributed by atoms with Gasteiger partial charge in [-0.1, -0.05) is 30.3 Å². The zero-order valence-electron chi connectivity index (χ0n) is 14.8. The summed E-state index contributed by atoms with van der Waals surface area (Å²) in [7, 11) is -4.59. The summed E-state index contributed by atoms with van der Waals surface area (Å²) < 4.78 is 47.6. The molecule has 0 saturated carbocycles. The molecule has 0 aliphatic carbocycles. The highest BCUT2D eigenvalue weighted by molar-refractivity contribution is 7.86. The van der Waals surface area contributed by atoms with E-state index < -0.39 is 20.8 Å². The quantitative estimate of drug-likeness (QED) is 0.375. The number of para-hydroxylation sites is 1. The van der Waals surface area contributed by atoms with Crippen LogP contribution in [0.25, 0.3) is 44.3 Å². The first-order valence-electron chi connectivity index (χ1n) is 8.74. The molecule has 2 aromatic heterocycles. The van der Waals surface area contributed by atoms with Crippen molar-refractivity contribution >= 4 is 31.9 Å². The highest BCUT2D eigenvalue weighted by Crippen LogP contribution is 2.35. The second-order valence-electron chi connectivity index (χ2n) is 6.69. The molecule has 29 heavy (non-hydrogen) atoms. The normalized spacial score (nSPS) is 12.1. The van der Waals surface area contributed by atoms with Crippen LogP contribution in [0.4, 0.5) is 4.39 Å². The van der Waals surface area contributed by atoms with E-state index in [0.29, 0.717) is 22.2 Å². The van der Waals surface area contributed by atoms with Crippen molar-refractivity contribution < 1.29 is 17.4 Å². The summed E-state index contributed by atoms with van der Waals surface area (Å²) >= 11 is 0. The predicted octanol–water partition coefficient (Wildman–Crippen LogP) is 4.76. The minimum atomic E-state index is -4.59. The molecule has 2 heterocycles. The van der Waals surface area contributed by atoms with Crippen LogP contribution < -0.4 is 0 Å². The fourth-order valence-corrected chi connectivity index (χ4v) is 4.30. The zero-order valence-corrected chi connectivity index (χ0v) is 15.7. The van der Waals surface area contributed by atoms with Crippen LogP contribution in [-0.4, -0.2) is 28.2 Å². The van der Waals surface area contributed by atoms with Gasteiger partial charge in [-0.05, 0) is 42.0 Å². The third-order valence-corrected chi connectivity index (χ3v) is 5.79. The van der Waals surface area contributed by atoms with Gasteiger partial charge in [0.05, 0.1) is 11.2 Å². The summed E-state index contributed by atoms with van der Waals surface area (Å²) in [5.41, 5.74) is 3.22. The molecule has 5 aromatic rings. The molecule has 0 aliphatic rings. The molecule has 0 atom stereocenters. The van der Waals surface area contributed by atoms with Crippen molar-refractivity contribution in [1.82, 2.24) is 15.2 Å². The van der Waals surface area contributed by atoms with Crippen LogP contribution in [0.15, 0.2) is 71.6 Å². The molecule has 0 fully saturated rings. The van der Waals surface area contributed by atoms with Crippen LogP contribution in [0.3, 0.4) is 0 Å². The molecule has 8 heteroatoms. The molecular weight excluding hydrogens is 393 g/mol. The highest BCUT2D eigenvalue weighted by atomic mass is 32.2. The Hall–Kier alpha value is -3.49. The monoisotopic (exact) mass is 407 g/mol. The lowest BCUT2D eigenvalue weighted by Gasteiger charge is -2.09. The Bertz CT molecular complexity index is 1470. The minimum absolute atomic E-state index is 0.180. The number of rotatable bonds is 3. The number of fused-ring (bicyclic) bond motifs is 2. The zero-order chi connectivity index (χ0) is 20.2. The number of benzene rings is 3. The molecule has 0 unspecified atom stereocenters. The SMILES string of the molecule is O=S(=O)(O)c1cccc(F)c1-c1ccc2[nH]nc(-c3cc4ccccc4[nH]3)c2c1. The van der Waals surface area contributed by atoms with Gasteiger partial charge < -0.3 is 4.98 Å². The fourth-order valence-electron chi connectivity index (χ4n) is 3.58. The van der Waals surface area contributed by atoms with Gasteiger partial charge in [0.15, 0.2) is 0 Å². The number of aromatic nitrogens is 3. The molecule has 5 rings (SSSR count). The lowest BCUT2D eigenvalue weighted by Crippen LogP contribution is -2.02. The van der Waals surface area contributed by atoms with Gasteiger partial charge in [-0.25, -0.2) is 4.39 Å². The van der Waals surface area contributed by atoms with Crippen molar-refractivity contribution in [3.8, 4) is 22.5 Å². The molecular formula is C21H14FN3O3S. The van der Waals surface area contributed by atoms with Crippen molar-refractivity contribution in [3.63, 3.8) is 0 Å².